The first-order valence-electron chi connectivity index (χ1n) is 10.1. The number of nitrogens with zero attached hydrogens (tertiary/aromatic N) is 1. The summed E-state index contributed by atoms with van der Waals surface area (Å²) in [6.07, 6.45) is 0. The zero-order chi connectivity index (χ0) is 23.6. The Bertz CT molecular complexity index is 1070. The largest absolute Gasteiger partial charge is 0.387 e. The quantitative estimate of drug-likeness (QED) is 0.616. The van der Waals surface area contributed by atoms with Crippen molar-refractivity contribution in [3.05, 3.63) is 63.9 Å². The third-order valence-electron chi connectivity index (χ3n) is 5.72. The fourth-order valence-electron chi connectivity index (χ4n) is 3.97. The van der Waals surface area contributed by atoms with Gasteiger partial charge in [-0.25, -0.2) is 4.39 Å². The number of nitrogens with one attached hydrogen (secondary N) is 2. The van der Waals surface area contributed by atoms with Crippen molar-refractivity contribution < 1.29 is 23.9 Å². The Hall–Kier alpha value is -2.97. The van der Waals surface area contributed by atoms with Crippen LogP contribution in [0.4, 0.5) is 10.1 Å². The van der Waals surface area contributed by atoms with Crippen LogP contribution < -0.4 is 10.6 Å². The van der Waals surface area contributed by atoms with Gasteiger partial charge in [-0.15, -0.1) is 0 Å². The molecule has 2 aromatic carbocycles. The van der Waals surface area contributed by atoms with Gasteiger partial charge >= 0.3 is 0 Å². The van der Waals surface area contributed by atoms with Gasteiger partial charge in [0.15, 0.2) is 0 Å². The van der Waals surface area contributed by atoms with Gasteiger partial charge in [-0.3, -0.25) is 14.4 Å². The standard InChI is InChI=1S/C23H25ClFN3O4/c1-13(2)14-6-4-5-7-16(14)23(11-28(12-23)20(30)10-29)22(32)27-19-9-18(25)17(24)8-15(19)21(31)26-3/h4-9,13,29H,10-12H2,1-3H3,(H,26,31)(H,27,32). The number of benzene rings is 2. The predicted octanol–water partition coefficient (Wildman–Crippen LogP) is 2.67. The molecule has 0 spiro atoms. The third-order valence-corrected chi connectivity index (χ3v) is 6.01. The summed E-state index contributed by atoms with van der Waals surface area (Å²) in [6.45, 7) is 3.43. The van der Waals surface area contributed by atoms with Gasteiger partial charge in [0.25, 0.3) is 5.91 Å². The molecule has 1 aliphatic heterocycles. The highest BCUT2D eigenvalue weighted by Crippen LogP contribution is 2.40. The van der Waals surface area contributed by atoms with Crippen molar-refractivity contribution in [1.82, 2.24) is 10.2 Å². The van der Waals surface area contributed by atoms with Crippen LogP contribution in [0, 0.1) is 5.82 Å². The molecule has 170 valence electrons. The average Bonchev–Trinajstić information content (AvgIpc) is 2.74. The summed E-state index contributed by atoms with van der Waals surface area (Å²) in [7, 11) is 1.41. The van der Waals surface area contributed by atoms with E-state index in [0.29, 0.717) is 0 Å². The Morgan fingerprint density at radius 1 is 1.22 bits per heavy atom. The highest BCUT2D eigenvalue weighted by molar-refractivity contribution is 6.31. The second kappa shape index (κ2) is 9.26. The Morgan fingerprint density at radius 2 is 1.88 bits per heavy atom. The minimum atomic E-state index is -1.12. The van der Waals surface area contributed by atoms with Gasteiger partial charge in [0.2, 0.25) is 11.8 Å². The van der Waals surface area contributed by atoms with Crippen LogP contribution in [0.15, 0.2) is 36.4 Å². The molecule has 9 heteroatoms. The third kappa shape index (κ3) is 4.20. The van der Waals surface area contributed by atoms with E-state index in [1.807, 2.05) is 38.1 Å². The van der Waals surface area contributed by atoms with Crippen LogP contribution in [0.5, 0.6) is 0 Å². The summed E-state index contributed by atoms with van der Waals surface area (Å²) >= 11 is 5.84. The van der Waals surface area contributed by atoms with Crippen molar-refractivity contribution in [3.63, 3.8) is 0 Å². The number of aliphatic hydroxyl groups is 1. The van der Waals surface area contributed by atoms with Crippen molar-refractivity contribution in [2.75, 3.05) is 32.1 Å². The van der Waals surface area contributed by atoms with Gasteiger partial charge in [0, 0.05) is 20.1 Å². The van der Waals surface area contributed by atoms with Gasteiger partial charge in [-0.2, -0.15) is 0 Å². The number of aliphatic hydroxyl groups excluding tert-OH is 1. The van der Waals surface area contributed by atoms with E-state index in [9.17, 15) is 23.9 Å². The predicted molar refractivity (Wildman–Crippen MR) is 119 cm³/mol. The smallest absolute Gasteiger partial charge is 0.253 e. The van der Waals surface area contributed by atoms with Crippen LogP contribution in [0.25, 0.3) is 0 Å². The molecule has 0 aromatic heterocycles. The van der Waals surface area contributed by atoms with Crippen LogP contribution >= 0.6 is 11.6 Å². The number of carbonyl (C=O) groups excluding carboxylic acids is 3. The number of amides is 3. The maximum atomic E-state index is 14.2. The van der Waals surface area contributed by atoms with Gasteiger partial charge in [0.1, 0.15) is 17.8 Å². The number of anilines is 1. The molecule has 0 aliphatic carbocycles. The van der Waals surface area contributed by atoms with E-state index in [4.69, 9.17) is 11.6 Å². The molecular weight excluding hydrogens is 437 g/mol. The molecule has 2 aromatic rings. The van der Waals surface area contributed by atoms with Gasteiger partial charge in [0.05, 0.1) is 16.3 Å². The lowest BCUT2D eigenvalue weighted by Crippen LogP contribution is -2.67. The minimum Gasteiger partial charge on any atom is -0.387 e. The van der Waals surface area contributed by atoms with Crippen LogP contribution in [0.1, 0.15) is 41.3 Å². The normalized spacial score (nSPS) is 14.7. The van der Waals surface area contributed by atoms with E-state index in [0.717, 1.165) is 23.3 Å². The maximum Gasteiger partial charge on any atom is 0.253 e. The Labute approximate surface area is 190 Å². The maximum absolute atomic E-state index is 14.2. The van der Waals surface area contributed by atoms with E-state index in [1.165, 1.54) is 11.9 Å². The molecule has 3 amide bonds. The number of hydrogen-bond acceptors (Lipinski definition) is 4. The van der Waals surface area contributed by atoms with Gasteiger partial charge < -0.3 is 20.6 Å². The molecule has 7 nitrogen and oxygen atoms in total. The van der Waals surface area contributed by atoms with Crippen LogP contribution in [-0.4, -0.2) is 54.5 Å². The Kier molecular flexibility index (Phi) is 6.85. The second-order valence-electron chi connectivity index (χ2n) is 8.08. The molecule has 1 aliphatic rings. The molecular formula is C23H25ClFN3O4. The van der Waals surface area contributed by atoms with Crippen molar-refractivity contribution in [3.8, 4) is 0 Å². The Balaban J connectivity index is 2.05. The van der Waals surface area contributed by atoms with Gasteiger partial charge in [-0.05, 0) is 29.2 Å². The second-order valence-corrected chi connectivity index (χ2v) is 8.48. The summed E-state index contributed by atoms with van der Waals surface area (Å²) in [4.78, 5) is 39.3. The van der Waals surface area contributed by atoms with E-state index in [-0.39, 0.29) is 35.3 Å². The van der Waals surface area contributed by atoms with Crippen molar-refractivity contribution in [2.24, 2.45) is 0 Å². The number of rotatable bonds is 6. The van der Waals surface area contributed by atoms with Crippen molar-refractivity contribution in [2.45, 2.75) is 25.2 Å². The fraction of sp³-hybridized carbons (Fsp3) is 0.348. The molecule has 0 atom stereocenters. The molecule has 0 unspecified atom stereocenters. The molecule has 0 saturated carbocycles. The lowest BCUT2D eigenvalue weighted by Gasteiger charge is -2.49. The van der Waals surface area contributed by atoms with E-state index in [1.54, 1.807) is 0 Å². The molecule has 3 N–H and O–H groups in total. The van der Waals surface area contributed by atoms with E-state index >= 15 is 0 Å². The number of hydrogen-bond donors (Lipinski definition) is 3. The first-order valence-corrected chi connectivity index (χ1v) is 10.5. The summed E-state index contributed by atoms with van der Waals surface area (Å²) in [6, 6.07) is 9.59. The minimum absolute atomic E-state index is 0.0159. The fourth-order valence-corrected chi connectivity index (χ4v) is 4.13. The van der Waals surface area contributed by atoms with Crippen LogP contribution in [0.2, 0.25) is 5.02 Å². The highest BCUT2D eigenvalue weighted by atomic mass is 35.5. The average molecular weight is 462 g/mol. The summed E-state index contributed by atoms with van der Waals surface area (Å²) in [5, 5.41) is 14.1. The SMILES string of the molecule is CNC(=O)c1cc(Cl)c(F)cc1NC(=O)C1(c2ccccc2C(C)C)CN(C(=O)CO)C1. The van der Waals surface area contributed by atoms with Gasteiger partial charge in [-0.1, -0.05) is 49.7 Å². The number of carbonyl (C=O) groups is 3. The zero-order valence-electron chi connectivity index (χ0n) is 18.0. The Morgan fingerprint density at radius 3 is 2.47 bits per heavy atom. The summed E-state index contributed by atoms with van der Waals surface area (Å²) < 4.78 is 14.2. The van der Waals surface area contributed by atoms with Crippen LogP contribution in [-0.2, 0) is 15.0 Å². The zero-order valence-corrected chi connectivity index (χ0v) is 18.8. The van der Waals surface area contributed by atoms with Crippen molar-refractivity contribution in [1.29, 1.82) is 0 Å². The molecule has 0 bridgehead atoms. The number of halogens is 2. The molecule has 0 radical (unpaired) electrons. The molecule has 1 heterocycles. The molecule has 3 rings (SSSR count). The van der Waals surface area contributed by atoms with Crippen LogP contribution in [0.3, 0.4) is 0 Å². The van der Waals surface area contributed by atoms with E-state index in [2.05, 4.69) is 10.6 Å². The highest BCUT2D eigenvalue weighted by Gasteiger charge is 2.53. The lowest BCUT2D eigenvalue weighted by atomic mass is 9.69. The molecule has 1 fully saturated rings. The topological polar surface area (TPSA) is 98.7 Å². The first kappa shape index (κ1) is 23.7. The monoisotopic (exact) mass is 461 g/mol. The molecule has 1 saturated heterocycles. The molecule has 32 heavy (non-hydrogen) atoms. The number of likely N-dealkylation sites (tertiary alicyclic amines) is 1. The first-order chi connectivity index (χ1) is 15.1. The van der Waals surface area contributed by atoms with E-state index < -0.39 is 35.6 Å². The lowest BCUT2D eigenvalue weighted by molar-refractivity contribution is -0.146. The summed E-state index contributed by atoms with van der Waals surface area (Å²) in [5.74, 6) is -2.19. The van der Waals surface area contributed by atoms with Crippen molar-refractivity contribution >= 4 is 35.0 Å². The summed E-state index contributed by atoms with van der Waals surface area (Å²) in [5.41, 5.74) is 0.548.